The number of rotatable bonds is 4. The Hall–Kier alpha value is -2.51. The number of alkyl halides is 3. The Bertz CT molecular complexity index is 736. The van der Waals surface area contributed by atoms with Gasteiger partial charge in [0.1, 0.15) is 5.75 Å². The van der Waals surface area contributed by atoms with Crippen LogP contribution in [0.4, 0.5) is 13.2 Å². The molecule has 8 heteroatoms. The van der Waals surface area contributed by atoms with Gasteiger partial charge >= 0.3 is 12.1 Å². The number of hydrogen-bond acceptors (Lipinski definition) is 3. The van der Waals surface area contributed by atoms with Crippen molar-refractivity contribution in [3.8, 4) is 16.9 Å². The molecule has 0 aliphatic heterocycles. The molecule has 0 saturated heterocycles. The van der Waals surface area contributed by atoms with E-state index in [4.69, 9.17) is 9.84 Å². The largest absolute Gasteiger partial charge is 0.497 e. The van der Waals surface area contributed by atoms with Crippen molar-refractivity contribution in [2.75, 3.05) is 7.11 Å². The van der Waals surface area contributed by atoms with Crippen LogP contribution in [0.5, 0.6) is 5.75 Å². The quantitative estimate of drug-likeness (QED) is 0.934. The highest BCUT2D eigenvalue weighted by molar-refractivity contribution is 5.76. The highest BCUT2D eigenvalue weighted by atomic mass is 19.4. The van der Waals surface area contributed by atoms with Gasteiger partial charge in [0.25, 0.3) is 0 Å². The average molecular weight is 328 g/mol. The summed E-state index contributed by atoms with van der Waals surface area (Å²) < 4.78 is 45.7. The van der Waals surface area contributed by atoms with Crippen LogP contribution < -0.4 is 4.74 Å². The molecule has 0 aliphatic rings. The van der Waals surface area contributed by atoms with E-state index in [-0.39, 0.29) is 16.9 Å². The normalized spacial score (nSPS) is 12.3. The molecule has 0 unspecified atom stereocenters. The third kappa shape index (κ3) is 3.15. The van der Waals surface area contributed by atoms with Crippen molar-refractivity contribution in [2.24, 2.45) is 0 Å². The number of halogens is 3. The number of carbonyl (C=O) groups is 1. The number of benzene rings is 1. The second kappa shape index (κ2) is 5.60. The zero-order chi connectivity index (χ0) is 17.4. The molecule has 1 aromatic carbocycles. The van der Waals surface area contributed by atoms with Gasteiger partial charge in [0.15, 0.2) is 5.54 Å². The van der Waals surface area contributed by atoms with Crippen LogP contribution >= 0.6 is 0 Å². The molecule has 0 atom stereocenters. The molecule has 1 N–H and O–H groups in total. The zero-order valence-corrected chi connectivity index (χ0v) is 12.7. The molecule has 124 valence electrons. The lowest BCUT2D eigenvalue weighted by atomic mass is 10.0. The first-order chi connectivity index (χ1) is 10.6. The Morgan fingerprint density at radius 3 is 2.48 bits per heavy atom. The van der Waals surface area contributed by atoms with Gasteiger partial charge < -0.3 is 9.84 Å². The monoisotopic (exact) mass is 328 g/mol. The molecular weight excluding hydrogens is 313 g/mol. The van der Waals surface area contributed by atoms with E-state index in [0.717, 1.165) is 10.7 Å². The van der Waals surface area contributed by atoms with Crippen molar-refractivity contribution in [3.63, 3.8) is 0 Å². The number of ether oxygens (including phenoxy) is 1. The summed E-state index contributed by atoms with van der Waals surface area (Å²) >= 11 is 0. The summed E-state index contributed by atoms with van der Waals surface area (Å²) in [7, 11) is 1.28. The molecule has 1 aromatic heterocycles. The smallest absolute Gasteiger partial charge is 0.417 e. The van der Waals surface area contributed by atoms with Crippen molar-refractivity contribution >= 4 is 5.97 Å². The van der Waals surface area contributed by atoms with E-state index in [2.05, 4.69) is 5.10 Å². The Balaban J connectivity index is 2.56. The molecule has 0 aliphatic carbocycles. The molecule has 0 amide bonds. The van der Waals surface area contributed by atoms with E-state index < -0.39 is 23.2 Å². The standard InChI is InChI=1S/C15H15F3N2O3/c1-14(2,13(21)22)20-8-9(7-19-20)11-5-4-10(23-3)6-12(11)15(16,17)18/h4-8H,1-3H3,(H,21,22). The molecular formula is C15H15F3N2O3. The second-order valence-corrected chi connectivity index (χ2v) is 5.45. The topological polar surface area (TPSA) is 64.4 Å². The van der Waals surface area contributed by atoms with Gasteiger partial charge in [0.2, 0.25) is 0 Å². The summed E-state index contributed by atoms with van der Waals surface area (Å²) in [5, 5.41) is 13.1. The van der Waals surface area contributed by atoms with Crippen LogP contribution in [0, 0.1) is 0 Å². The molecule has 23 heavy (non-hydrogen) atoms. The second-order valence-electron chi connectivity index (χ2n) is 5.45. The van der Waals surface area contributed by atoms with E-state index in [1.165, 1.54) is 45.5 Å². The van der Waals surface area contributed by atoms with Gasteiger partial charge in [-0.2, -0.15) is 18.3 Å². The van der Waals surface area contributed by atoms with E-state index in [1.54, 1.807) is 0 Å². The van der Waals surface area contributed by atoms with Crippen LogP contribution in [0.15, 0.2) is 30.6 Å². The first-order valence-corrected chi connectivity index (χ1v) is 6.61. The maximum Gasteiger partial charge on any atom is 0.417 e. The number of carboxylic acids is 1. The summed E-state index contributed by atoms with van der Waals surface area (Å²) in [5.41, 5.74) is -2.16. The minimum Gasteiger partial charge on any atom is -0.497 e. The van der Waals surface area contributed by atoms with E-state index in [0.29, 0.717) is 0 Å². The number of methoxy groups -OCH3 is 1. The first kappa shape index (κ1) is 16.9. The summed E-state index contributed by atoms with van der Waals surface area (Å²) in [6.45, 7) is 2.82. The summed E-state index contributed by atoms with van der Waals surface area (Å²) in [5.74, 6) is -1.06. The van der Waals surface area contributed by atoms with Crippen molar-refractivity contribution in [1.82, 2.24) is 9.78 Å². The van der Waals surface area contributed by atoms with Crippen LogP contribution in [0.1, 0.15) is 19.4 Å². The van der Waals surface area contributed by atoms with Crippen LogP contribution in [0.2, 0.25) is 0 Å². The summed E-state index contributed by atoms with van der Waals surface area (Å²) in [6.07, 6.45) is -2.08. The van der Waals surface area contributed by atoms with E-state index >= 15 is 0 Å². The fourth-order valence-corrected chi connectivity index (χ4v) is 2.00. The highest BCUT2D eigenvalue weighted by Gasteiger charge is 2.35. The molecule has 0 spiro atoms. The Kier molecular flexibility index (Phi) is 4.10. The van der Waals surface area contributed by atoms with Crippen LogP contribution in [0.3, 0.4) is 0 Å². The minimum absolute atomic E-state index is 0.0827. The third-order valence-corrected chi connectivity index (χ3v) is 3.52. The van der Waals surface area contributed by atoms with Gasteiger partial charge in [-0.25, -0.2) is 4.79 Å². The van der Waals surface area contributed by atoms with Gasteiger partial charge in [-0.3, -0.25) is 4.68 Å². The van der Waals surface area contributed by atoms with Gasteiger partial charge in [0.05, 0.1) is 18.9 Å². The predicted molar refractivity (Wildman–Crippen MR) is 76.2 cm³/mol. The van der Waals surface area contributed by atoms with Crippen molar-refractivity contribution in [1.29, 1.82) is 0 Å². The van der Waals surface area contributed by atoms with Gasteiger partial charge in [-0.15, -0.1) is 0 Å². The van der Waals surface area contributed by atoms with Gasteiger partial charge in [-0.05, 0) is 37.6 Å². The van der Waals surface area contributed by atoms with Crippen LogP contribution in [-0.2, 0) is 16.5 Å². The number of hydrogen-bond donors (Lipinski definition) is 1. The first-order valence-electron chi connectivity index (χ1n) is 6.61. The van der Waals surface area contributed by atoms with Crippen LogP contribution in [0.25, 0.3) is 11.1 Å². The Morgan fingerprint density at radius 1 is 1.30 bits per heavy atom. The summed E-state index contributed by atoms with van der Waals surface area (Å²) in [4.78, 5) is 11.2. The fraction of sp³-hybridized carbons (Fsp3) is 0.333. The molecule has 5 nitrogen and oxygen atoms in total. The number of aliphatic carboxylic acids is 1. The van der Waals surface area contributed by atoms with Gasteiger partial charge in [-0.1, -0.05) is 0 Å². The molecule has 1 heterocycles. The predicted octanol–water partition coefficient (Wildman–Crippen LogP) is 3.40. The highest BCUT2D eigenvalue weighted by Crippen LogP contribution is 2.39. The van der Waals surface area contributed by atoms with Gasteiger partial charge in [0, 0.05) is 11.8 Å². The van der Waals surface area contributed by atoms with Crippen molar-refractivity contribution in [2.45, 2.75) is 25.6 Å². The molecule has 2 rings (SSSR count). The van der Waals surface area contributed by atoms with E-state index in [1.807, 2.05) is 0 Å². The van der Waals surface area contributed by atoms with E-state index in [9.17, 15) is 18.0 Å². The average Bonchev–Trinajstić information content (AvgIpc) is 2.95. The number of nitrogens with zero attached hydrogens (tertiary/aromatic N) is 2. The fourth-order valence-electron chi connectivity index (χ4n) is 2.00. The van der Waals surface area contributed by atoms with Crippen LogP contribution in [-0.4, -0.2) is 28.0 Å². The number of carboxylic acid groups (broad SMARTS) is 1. The Labute approximate surface area is 130 Å². The molecule has 0 fully saturated rings. The maximum absolute atomic E-state index is 13.2. The maximum atomic E-state index is 13.2. The third-order valence-electron chi connectivity index (χ3n) is 3.52. The number of aromatic nitrogens is 2. The molecule has 2 aromatic rings. The summed E-state index contributed by atoms with van der Waals surface area (Å²) in [6, 6.07) is 3.58. The van der Waals surface area contributed by atoms with Crippen molar-refractivity contribution in [3.05, 3.63) is 36.2 Å². The lowest BCUT2D eigenvalue weighted by Crippen LogP contribution is -2.35. The lowest BCUT2D eigenvalue weighted by Gasteiger charge is -2.19. The molecule has 0 radical (unpaired) electrons. The minimum atomic E-state index is -4.58. The molecule has 0 saturated carbocycles. The Morgan fingerprint density at radius 2 is 1.96 bits per heavy atom. The zero-order valence-electron chi connectivity index (χ0n) is 12.7. The molecule has 0 bridgehead atoms. The SMILES string of the molecule is COc1ccc(-c2cnn(C(C)(C)C(=O)O)c2)c(C(F)(F)F)c1. The lowest BCUT2D eigenvalue weighted by molar-refractivity contribution is -0.146. The van der Waals surface area contributed by atoms with Crippen molar-refractivity contribution < 1.29 is 27.8 Å².